The van der Waals surface area contributed by atoms with E-state index in [2.05, 4.69) is 5.32 Å². The first-order valence-electron chi connectivity index (χ1n) is 5.53. The Kier molecular flexibility index (Phi) is 5.45. The van der Waals surface area contributed by atoms with Crippen LogP contribution in [-0.4, -0.2) is 24.2 Å². The number of rotatable bonds is 6. The van der Waals surface area contributed by atoms with Gasteiger partial charge < -0.3 is 10.4 Å². The molecule has 0 spiro atoms. The largest absolute Gasteiger partial charge is 0.478 e. The van der Waals surface area contributed by atoms with Crippen molar-refractivity contribution in [1.82, 2.24) is 5.32 Å². The summed E-state index contributed by atoms with van der Waals surface area (Å²) in [6.07, 6.45) is 1.60. The molecule has 0 saturated heterocycles. The molecule has 0 fully saturated rings. The van der Waals surface area contributed by atoms with Gasteiger partial charge in [0.2, 0.25) is 0 Å². The molecule has 0 radical (unpaired) electrons. The van der Waals surface area contributed by atoms with E-state index in [1.54, 1.807) is 6.92 Å². The van der Waals surface area contributed by atoms with Gasteiger partial charge in [-0.2, -0.15) is 0 Å². The highest BCUT2D eigenvalue weighted by Gasteiger charge is 2.00. The minimum absolute atomic E-state index is 0.435. The number of benzene rings is 1. The van der Waals surface area contributed by atoms with Crippen LogP contribution >= 0.6 is 0 Å². The van der Waals surface area contributed by atoms with Crippen LogP contribution < -0.4 is 5.32 Å². The summed E-state index contributed by atoms with van der Waals surface area (Å²) in [5, 5.41) is 11.5. The van der Waals surface area contributed by atoms with Crippen LogP contribution in [0.3, 0.4) is 0 Å². The summed E-state index contributed by atoms with van der Waals surface area (Å²) in [7, 11) is 0. The minimum atomic E-state index is -0.985. The van der Waals surface area contributed by atoms with Gasteiger partial charge in [0.1, 0.15) is 11.6 Å². The molecule has 5 heteroatoms. The van der Waals surface area contributed by atoms with E-state index in [0.29, 0.717) is 30.6 Å². The molecule has 0 amide bonds. The van der Waals surface area contributed by atoms with Crippen LogP contribution in [0.2, 0.25) is 0 Å². The van der Waals surface area contributed by atoms with Crippen molar-refractivity contribution >= 4 is 5.97 Å². The number of carboxylic acids is 1. The molecule has 1 rings (SSSR count). The van der Waals surface area contributed by atoms with Crippen molar-refractivity contribution in [2.24, 2.45) is 0 Å². The topological polar surface area (TPSA) is 49.3 Å². The molecule has 98 valence electrons. The van der Waals surface area contributed by atoms with Crippen molar-refractivity contribution in [2.75, 3.05) is 13.1 Å². The van der Waals surface area contributed by atoms with Crippen LogP contribution in [-0.2, 0) is 11.2 Å². The van der Waals surface area contributed by atoms with E-state index >= 15 is 0 Å². The molecule has 1 aromatic carbocycles. The van der Waals surface area contributed by atoms with Gasteiger partial charge in [0.15, 0.2) is 0 Å². The SMILES string of the molecule is C/C(=C/C(=O)O)CNCCc1cc(F)cc(F)c1. The molecular weight excluding hydrogens is 240 g/mol. The van der Waals surface area contributed by atoms with E-state index in [1.807, 2.05) is 0 Å². The molecule has 0 aliphatic carbocycles. The number of hydrogen-bond donors (Lipinski definition) is 2. The second-order valence-electron chi connectivity index (χ2n) is 4.03. The van der Waals surface area contributed by atoms with Crippen molar-refractivity contribution in [1.29, 1.82) is 0 Å². The lowest BCUT2D eigenvalue weighted by Gasteiger charge is -2.05. The van der Waals surface area contributed by atoms with Crippen LogP contribution in [0.4, 0.5) is 8.78 Å². The zero-order valence-corrected chi connectivity index (χ0v) is 10.0. The Morgan fingerprint density at radius 2 is 1.94 bits per heavy atom. The number of carbonyl (C=O) groups is 1. The lowest BCUT2D eigenvalue weighted by molar-refractivity contribution is -0.131. The normalized spacial score (nSPS) is 11.6. The van der Waals surface area contributed by atoms with E-state index in [4.69, 9.17) is 5.11 Å². The van der Waals surface area contributed by atoms with Crippen molar-refractivity contribution in [3.8, 4) is 0 Å². The van der Waals surface area contributed by atoms with Gasteiger partial charge in [-0.15, -0.1) is 0 Å². The van der Waals surface area contributed by atoms with Gasteiger partial charge in [0, 0.05) is 18.7 Å². The van der Waals surface area contributed by atoms with Gasteiger partial charge in [-0.25, -0.2) is 13.6 Å². The monoisotopic (exact) mass is 255 g/mol. The van der Waals surface area contributed by atoms with Crippen molar-refractivity contribution < 1.29 is 18.7 Å². The van der Waals surface area contributed by atoms with Gasteiger partial charge >= 0.3 is 5.97 Å². The molecule has 0 heterocycles. The van der Waals surface area contributed by atoms with Crippen molar-refractivity contribution in [3.05, 3.63) is 47.0 Å². The van der Waals surface area contributed by atoms with Crippen LogP contribution in [0.25, 0.3) is 0 Å². The number of hydrogen-bond acceptors (Lipinski definition) is 2. The van der Waals surface area contributed by atoms with Crippen molar-refractivity contribution in [2.45, 2.75) is 13.3 Å². The zero-order chi connectivity index (χ0) is 13.5. The molecule has 0 aliphatic heterocycles. The number of aliphatic carboxylic acids is 1. The third-order valence-electron chi connectivity index (χ3n) is 2.29. The summed E-state index contributed by atoms with van der Waals surface area (Å²) in [6, 6.07) is 3.39. The average molecular weight is 255 g/mol. The molecule has 0 aromatic heterocycles. The maximum absolute atomic E-state index is 12.9. The summed E-state index contributed by atoms with van der Waals surface area (Å²) in [6.45, 7) is 2.65. The molecule has 3 nitrogen and oxygen atoms in total. The summed E-state index contributed by atoms with van der Waals surface area (Å²) in [5.41, 5.74) is 1.26. The second kappa shape index (κ2) is 6.86. The summed E-state index contributed by atoms with van der Waals surface area (Å²) >= 11 is 0. The quantitative estimate of drug-likeness (QED) is 0.604. The Bertz CT molecular complexity index is 438. The Morgan fingerprint density at radius 1 is 1.33 bits per heavy atom. The smallest absolute Gasteiger partial charge is 0.328 e. The maximum atomic E-state index is 12.9. The Morgan fingerprint density at radius 3 is 2.50 bits per heavy atom. The highest BCUT2D eigenvalue weighted by atomic mass is 19.1. The van der Waals surface area contributed by atoms with E-state index in [-0.39, 0.29) is 0 Å². The van der Waals surface area contributed by atoms with Crippen LogP contribution in [0.1, 0.15) is 12.5 Å². The van der Waals surface area contributed by atoms with E-state index in [1.165, 1.54) is 12.1 Å². The van der Waals surface area contributed by atoms with Gasteiger partial charge in [0.05, 0.1) is 0 Å². The third kappa shape index (κ3) is 5.54. The Hall–Kier alpha value is -1.75. The van der Waals surface area contributed by atoms with Crippen LogP contribution in [0.15, 0.2) is 29.8 Å². The number of nitrogens with one attached hydrogen (secondary N) is 1. The van der Waals surface area contributed by atoms with Gasteiger partial charge in [-0.3, -0.25) is 0 Å². The molecule has 1 aromatic rings. The van der Waals surface area contributed by atoms with E-state index < -0.39 is 17.6 Å². The van der Waals surface area contributed by atoms with Crippen LogP contribution in [0.5, 0.6) is 0 Å². The summed E-state index contributed by atoms with van der Waals surface area (Å²) < 4.78 is 25.7. The minimum Gasteiger partial charge on any atom is -0.478 e. The fourth-order valence-corrected chi connectivity index (χ4v) is 1.54. The number of halogens is 2. The zero-order valence-electron chi connectivity index (χ0n) is 10.0. The molecule has 0 atom stereocenters. The predicted octanol–water partition coefficient (Wildman–Crippen LogP) is 2.13. The fourth-order valence-electron chi connectivity index (χ4n) is 1.54. The molecule has 2 N–H and O–H groups in total. The van der Waals surface area contributed by atoms with Gasteiger partial charge in [-0.1, -0.05) is 5.57 Å². The lowest BCUT2D eigenvalue weighted by Crippen LogP contribution is -2.19. The van der Waals surface area contributed by atoms with E-state index in [9.17, 15) is 13.6 Å². The third-order valence-corrected chi connectivity index (χ3v) is 2.29. The molecule has 0 aliphatic rings. The fraction of sp³-hybridized carbons (Fsp3) is 0.308. The molecule has 18 heavy (non-hydrogen) atoms. The first kappa shape index (κ1) is 14.3. The lowest BCUT2D eigenvalue weighted by atomic mass is 10.1. The van der Waals surface area contributed by atoms with Gasteiger partial charge in [0.25, 0.3) is 0 Å². The Balaban J connectivity index is 2.36. The highest BCUT2D eigenvalue weighted by Crippen LogP contribution is 2.08. The van der Waals surface area contributed by atoms with Crippen molar-refractivity contribution in [3.63, 3.8) is 0 Å². The maximum Gasteiger partial charge on any atom is 0.328 e. The van der Waals surface area contributed by atoms with Crippen LogP contribution in [0, 0.1) is 11.6 Å². The number of carboxylic acid groups (broad SMARTS) is 1. The predicted molar refractivity (Wildman–Crippen MR) is 64.3 cm³/mol. The average Bonchev–Trinajstić information content (AvgIpc) is 2.22. The standard InChI is InChI=1S/C13H15F2NO2/c1-9(4-13(17)18)8-16-3-2-10-5-11(14)7-12(15)6-10/h4-7,16H,2-3,8H2,1H3,(H,17,18)/b9-4-. The first-order chi connectivity index (χ1) is 8.47. The summed E-state index contributed by atoms with van der Waals surface area (Å²) in [4.78, 5) is 10.4. The molecule has 0 saturated carbocycles. The first-order valence-corrected chi connectivity index (χ1v) is 5.53. The second-order valence-corrected chi connectivity index (χ2v) is 4.03. The molecular formula is C13H15F2NO2. The van der Waals surface area contributed by atoms with E-state index in [0.717, 1.165) is 12.1 Å². The summed E-state index contributed by atoms with van der Waals surface area (Å²) in [5.74, 6) is -2.17. The van der Waals surface area contributed by atoms with Gasteiger partial charge in [-0.05, 0) is 37.6 Å². The highest BCUT2D eigenvalue weighted by molar-refractivity contribution is 5.80. The Labute approximate surface area is 104 Å². The molecule has 0 bridgehead atoms. The molecule has 0 unspecified atom stereocenters.